The van der Waals surface area contributed by atoms with Crippen LogP contribution in [0.15, 0.2) is 66.7 Å². The molecule has 1 atom stereocenters. The van der Waals surface area contributed by atoms with Crippen LogP contribution in [-0.2, 0) is 6.54 Å². The average Bonchev–Trinajstić information content (AvgIpc) is 3.60. The van der Waals surface area contributed by atoms with Gasteiger partial charge in [0.1, 0.15) is 0 Å². The van der Waals surface area contributed by atoms with Crippen molar-refractivity contribution >= 4 is 16.9 Å². The Morgan fingerprint density at radius 1 is 1.10 bits per heavy atom. The third-order valence-electron chi connectivity index (χ3n) is 5.96. The molecule has 5 heteroatoms. The average molecular weight is 411 g/mol. The Morgan fingerprint density at radius 3 is 2.45 bits per heavy atom. The van der Waals surface area contributed by atoms with E-state index in [4.69, 9.17) is 10.1 Å². The minimum absolute atomic E-state index is 0.0759. The molecule has 0 unspecified atom stereocenters. The Hall–Kier alpha value is -3.47. The second-order valence-corrected chi connectivity index (χ2v) is 8.40. The summed E-state index contributed by atoms with van der Waals surface area (Å²) in [5.74, 6) is 0.371. The summed E-state index contributed by atoms with van der Waals surface area (Å²) < 4.78 is 1.93. The molecule has 1 saturated carbocycles. The van der Waals surface area contributed by atoms with E-state index < -0.39 is 0 Å². The van der Waals surface area contributed by atoms with Gasteiger partial charge >= 0.3 is 0 Å². The Morgan fingerprint density at radius 2 is 1.77 bits per heavy atom. The molecule has 31 heavy (non-hydrogen) atoms. The maximum atomic E-state index is 13.4. The van der Waals surface area contributed by atoms with E-state index >= 15 is 0 Å². The van der Waals surface area contributed by atoms with Crippen molar-refractivity contribution in [3.05, 3.63) is 94.8 Å². The fourth-order valence-electron chi connectivity index (χ4n) is 4.11. The van der Waals surface area contributed by atoms with Gasteiger partial charge in [-0.2, -0.15) is 5.10 Å². The van der Waals surface area contributed by atoms with E-state index in [9.17, 15) is 4.79 Å². The summed E-state index contributed by atoms with van der Waals surface area (Å²) in [6.45, 7) is 4.60. The minimum Gasteiger partial charge on any atom is -0.345 e. The van der Waals surface area contributed by atoms with Gasteiger partial charge in [-0.15, -0.1) is 0 Å². The predicted molar refractivity (Wildman–Crippen MR) is 122 cm³/mol. The number of carbonyl (C=O) groups is 1. The molecule has 2 heterocycles. The first kappa shape index (κ1) is 19.5. The van der Waals surface area contributed by atoms with E-state index in [2.05, 4.69) is 17.4 Å². The first-order valence-electron chi connectivity index (χ1n) is 10.9. The first-order chi connectivity index (χ1) is 15.1. The third kappa shape index (κ3) is 3.96. The number of hydrogen-bond acceptors (Lipinski definition) is 3. The normalized spacial score (nSPS) is 14.5. The van der Waals surface area contributed by atoms with Gasteiger partial charge in [0.2, 0.25) is 0 Å². The maximum absolute atomic E-state index is 13.4. The van der Waals surface area contributed by atoms with E-state index in [1.54, 1.807) is 0 Å². The number of rotatable bonds is 6. The van der Waals surface area contributed by atoms with Crippen LogP contribution in [0.2, 0.25) is 0 Å². The summed E-state index contributed by atoms with van der Waals surface area (Å²) in [5.41, 5.74) is 5.54. The molecule has 2 aromatic heterocycles. The van der Waals surface area contributed by atoms with Crippen LogP contribution in [0.1, 0.15) is 64.6 Å². The second kappa shape index (κ2) is 7.99. The van der Waals surface area contributed by atoms with Gasteiger partial charge in [0, 0.05) is 11.6 Å². The lowest BCUT2D eigenvalue weighted by Crippen LogP contribution is -2.27. The van der Waals surface area contributed by atoms with E-state index in [0.717, 1.165) is 46.4 Å². The molecule has 1 N–H and O–H groups in total. The van der Waals surface area contributed by atoms with Crippen molar-refractivity contribution in [1.82, 2.24) is 20.1 Å². The minimum atomic E-state index is -0.0824. The Balaban J connectivity index is 1.55. The number of nitrogens with zero attached hydrogens (tertiary/aromatic N) is 3. The van der Waals surface area contributed by atoms with Crippen molar-refractivity contribution in [2.45, 2.75) is 45.2 Å². The second-order valence-electron chi connectivity index (χ2n) is 8.40. The summed E-state index contributed by atoms with van der Waals surface area (Å²) in [7, 11) is 0. The van der Waals surface area contributed by atoms with Gasteiger partial charge in [-0.25, -0.2) is 9.67 Å². The molecule has 0 aliphatic heterocycles. The number of aryl methyl sites for hydroxylation is 1. The number of amides is 1. The number of nitrogens with one attached hydrogen (secondary N) is 1. The molecule has 0 radical (unpaired) electrons. The van der Waals surface area contributed by atoms with E-state index in [0.29, 0.717) is 18.0 Å². The molecular formula is C26H26N4O. The van der Waals surface area contributed by atoms with Crippen molar-refractivity contribution in [2.75, 3.05) is 0 Å². The zero-order chi connectivity index (χ0) is 21.4. The molecule has 1 aliphatic rings. The fraction of sp³-hybridized carbons (Fsp3) is 0.269. The summed E-state index contributed by atoms with van der Waals surface area (Å²) >= 11 is 0. The van der Waals surface area contributed by atoms with Crippen LogP contribution in [0.25, 0.3) is 11.0 Å². The highest BCUT2D eigenvalue weighted by Gasteiger charge is 2.29. The molecule has 156 valence electrons. The van der Waals surface area contributed by atoms with Crippen molar-refractivity contribution in [3.63, 3.8) is 0 Å². The zero-order valence-electron chi connectivity index (χ0n) is 17.9. The Kier molecular flexibility index (Phi) is 5.02. The Labute approximate surface area is 182 Å². The highest BCUT2D eigenvalue weighted by molar-refractivity contribution is 6.06. The molecule has 5 rings (SSSR count). The number of benzene rings is 2. The van der Waals surface area contributed by atoms with Crippen LogP contribution >= 0.6 is 0 Å². The molecule has 4 aromatic rings. The first-order valence-corrected chi connectivity index (χ1v) is 10.9. The highest BCUT2D eigenvalue weighted by Crippen LogP contribution is 2.40. The van der Waals surface area contributed by atoms with Gasteiger partial charge in [0.25, 0.3) is 5.91 Å². The molecule has 0 spiro atoms. The molecule has 1 fully saturated rings. The predicted octanol–water partition coefficient (Wildman–Crippen LogP) is 5.16. The van der Waals surface area contributed by atoms with Gasteiger partial charge in [-0.3, -0.25) is 4.79 Å². The summed E-state index contributed by atoms with van der Waals surface area (Å²) in [6.07, 6.45) is 2.26. The lowest BCUT2D eigenvalue weighted by molar-refractivity contribution is 0.0941. The number of carbonyl (C=O) groups excluding carboxylic acids is 1. The smallest absolute Gasteiger partial charge is 0.252 e. The quantitative estimate of drug-likeness (QED) is 0.478. The fourth-order valence-corrected chi connectivity index (χ4v) is 4.11. The summed E-state index contributed by atoms with van der Waals surface area (Å²) in [4.78, 5) is 18.3. The number of pyridine rings is 1. The molecule has 5 nitrogen and oxygen atoms in total. The lowest BCUT2D eigenvalue weighted by atomic mass is 10.0. The summed E-state index contributed by atoms with van der Waals surface area (Å²) in [5, 5.41) is 8.78. The maximum Gasteiger partial charge on any atom is 0.252 e. The van der Waals surface area contributed by atoms with Crippen LogP contribution in [0, 0.1) is 6.92 Å². The SMILES string of the molecule is Cc1nn(Cc2ccccc2)c2nc(C3CC3)cc(C(=O)N[C@@H](C)c3ccccc3)c12. The molecule has 0 saturated heterocycles. The van der Waals surface area contributed by atoms with Crippen LogP contribution < -0.4 is 5.32 Å². The molecular weight excluding hydrogens is 384 g/mol. The standard InChI is InChI=1S/C26H26N4O/c1-17(20-11-7-4-8-12-20)27-26(31)22-15-23(21-13-14-21)28-25-24(22)18(2)29-30(25)16-19-9-5-3-6-10-19/h3-12,15,17,21H,13-14,16H2,1-2H3,(H,27,31)/t17-/m0/s1. The zero-order valence-corrected chi connectivity index (χ0v) is 17.9. The van der Waals surface area contributed by atoms with Crippen LogP contribution in [0.4, 0.5) is 0 Å². The molecule has 1 aliphatic carbocycles. The highest BCUT2D eigenvalue weighted by atomic mass is 16.1. The van der Waals surface area contributed by atoms with Crippen LogP contribution in [0.3, 0.4) is 0 Å². The molecule has 2 aromatic carbocycles. The van der Waals surface area contributed by atoms with Crippen molar-refractivity contribution < 1.29 is 4.79 Å². The van der Waals surface area contributed by atoms with E-state index in [1.807, 2.05) is 73.1 Å². The van der Waals surface area contributed by atoms with Gasteiger partial charge in [-0.1, -0.05) is 60.7 Å². The van der Waals surface area contributed by atoms with Gasteiger partial charge in [0.05, 0.1) is 29.2 Å². The number of hydrogen-bond donors (Lipinski definition) is 1. The van der Waals surface area contributed by atoms with Crippen LogP contribution in [-0.4, -0.2) is 20.7 Å². The van der Waals surface area contributed by atoms with Crippen LogP contribution in [0.5, 0.6) is 0 Å². The van der Waals surface area contributed by atoms with Crippen molar-refractivity contribution in [2.24, 2.45) is 0 Å². The largest absolute Gasteiger partial charge is 0.345 e. The van der Waals surface area contributed by atoms with E-state index in [-0.39, 0.29) is 11.9 Å². The van der Waals surface area contributed by atoms with Gasteiger partial charge in [0.15, 0.2) is 5.65 Å². The Bertz CT molecular complexity index is 1230. The lowest BCUT2D eigenvalue weighted by Gasteiger charge is -2.15. The monoisotopic (exact) mass is 410 g/mol. The van der Waals surface area contributed by atoms with Gasteiger partial charge < -0.3 is 5.32 Å². The van der Waals surface area contributed by atoms with E-state index in [1.165, 1.54) is 0 Å². The third-order valence-corrected chi connectivity index (χ3v) is 5.96. The molecule has 1 amide bonds. The topological polar surface area (TPSA) is 59.8 Å². The summed E-state index contributed by atoms with van der Waals surface area (Å²) in [6, 6.07) is 22.2. The number of aromatic nitrogens is 3. The van der Waals surface area contributed by atoms with Crippen molar-refractivity contribution in [3.8, 4) is 0 Å². The van der Waals surface area contributed by atoms with Gasteiger partial charge in [-0.05, 0) is 43.9 Å². The molecule has 0 bridgehead atoms. The number of fused-ring (bicyclic) bond motifs is 1. The van der Waals surface area contributed by atoms with Crippen molar-refractivity contribution in [1.29, 1.82) is 0 Å².